The summed E-state index contributed by atoms with van der Waals surface area (Å²) in [5.41, 5.74) is 6.49. The summed E-state index contributed by atoms with van der Waals surface area (Å²) < 4.78 is 4.92. The van der Waals surface area contributed by atoms with Crippen LogP contribution in [0.15, 0.2) is 64.3 Å². The van der Waals surface area contributed by atoms with Crippen molar-refractivity contribution in [1.82, 2.24) is 5.16 Å². The summed E-state index contributed by atoms with van der Waals surface area (Å²) in [5.74, 6) is 4.70. The van der Waals surface area contributed by atoms with Crippen LogP contribution < -0.4 is 0 Å². The van der Waals surface area contributed by atoms with E-state index in [1.54, 1.807) is 26.0 Å². The Labute approximate surface area is 294 Å². The first-order chi connectivity index (χ1) is 18.2. The first-order valence-corrected chi connectivity index (χ1v) is 11.3. The van der Waals surface area contributed by atoms with Crippen molar-refractivity contribution in [2.75, 3.05) is 0 Å². The number of rotatable bonds is 3. The molecule has 0 saturated carbocycles. The Bertz CT molecular complexity index is 1300. The third kappa shape index (κ3) is 23.8. The van der Waals surface area contributed by atoms with Gasteiger partial charge in [-0.1, -0.05) is 20.8 Å². The molecular formula is C33H33FN2O3W3. The van der Waals surface area contributed by atoms with E-state index in [0.717, 1.165) is 34.2 Å². The van der Waals surface area contributed by atoms with Gasteiger partial charge in [0.1, 0.15) is 0 Å². The number of aldehydes is 1. The maximum Gasteiger partial charge on any atom is 2.00 e. The van der Waals surface area contributed by atoms with Crippen molar-refractivity contribution in [2.45, 2.75) is 41.5 Å². The molecule has 4 aromatic rings. The maximum atomic E-state index is 10.1. The molecule has 1 N–H and O–H groups in total. The minimum absolute atomic E-state index is 0. The summed E-state index contributed by atoms with van der Waals surface area (Å²) in [7, 11) is 0. The topological polar surface area (TPSA) is 75.7 Å². The zero-order valence-corrected chi connectivity index (χ0v) is 32.9. The molecule has 3 aromatic carbocycles. The summed E-state index contributed by atoms with van der Waals surface area (Å²) in [6, 6.07) is 28.8. The summed E-state index contributed by atoms with van der Waals surface area (Å²) in [5, 5.41) is 14.9. The average molecular weight is 1080 g/mol. The molecule has 0 atom stereocenters. The van der Waals surface area contributed by atoms with Crippen molar-refractivity contribution in [1.29, 1.82) is 0 Å². The van der Waals surface area contributed by atoms with Gasteiger partial charge in [0.05, 0.1) is 6.29 Å². The fourth-order valence-electron chi connectivity index (χ4n) is 2.34. The van der Waals surface area contributed by atoms with Gasteiger partial charge in [0.2, 0.25) is 0 Å². The zero-order chi connectivity index (χ0) is 28.8. The summed E-state index contributed by atoms with van der Waals surface area (Å²) in [6.45, 7) is 10.9. The van der Waals surface area contributed by atoms with Crippen molar-refractivity contribution in [2.24, 2.45) is 5.16 Å². The number of oxime groups is 1. The van der Waals surface area contributed by atoms with Crippen LogP contribution in [0.2, 0.25) is 0 Å². The Morgan fingerprint density at radius 2 is 1.26 bits per heavy atom. The average Bonchev–Trinajstić information content (AvgIpc) is 3.34. The van der Waals surface area contributed by atoms with Gasteiger partial charge in [-0.2, -0.15) is 17.3 Å². The van der Waals surface area contributed by atoms with E-state index in [0.29, 0.717) is 11.3 Å². The molecule has 0 amide bonds. The van der Waals surface area contributed by atoms with Gasteiger partial charge >= 0.3 is 63.2 Å². The molecule has 4 rings (SSSR count). The van der Waals surface area contributed by atoms with Gasteiger partial charge in [0, 0.05) is 7.19 Å². The van der Waals surface area contributed by atoms with Crippen molar-refractivity contribution in [3.05, 3.63) is 125 Å². The van der Waals surface area contributed by atoms with Crippen LogP contribution in [0.5, 0.6) is 0 Å². The van der Waals surface area contributed by atoms with Gasteiger partial charge in [-0.3, -0.25) is 10.3 Å². The van der Waals surface area contributed by atoms with Crippen LogP contribution in [-0.2, 0) is 63.2 Å². The van der Waals surface area contributed by atoms with Crippen LogP contribution in [0, 0.1) is 76.6 Å². The molecule has 0 aliphatic carbocycles. The van der Waals surface area contributed by atoms with Crippen LogP contribution in [-0.4, -0.2) is 22.9 Å². The molecular weight excluding hydrogens is 1040 g/mol. The maximum absolute atomic E-state index is 10.1. The molecule has 0 spiro atoms. The molecule has 0 aliphatic rings. The number of hydrogen-bond donors (Lipinski definition) is 1. The molecule has 42 heavy (non-hydrogen) atoms. The van der Waals surface area contributed by atoms with Gasteiger partial charge in [0.15, 0.2) is 0 Å². The van der Waals surface area contributed by atoms with E-state index < -0.39 is 0 Å². The van der Waals surface area contributed by atoms with Crippen LogP contribution >= 0.6 is 0 Å². The van der Waals surface area contributed by atoms with E-state index in [2.05, 4.69) is 34.6 Å². The second kappa shape index (κ2) is 31.1. The van der Waals surface area contributed by atoms with E-state index >= 15 is 0 Å². The van der Waals surface area contributed by atoms with Crippen molar-refractivity contribution in [3.63, 3.8) is 0 Å². The molecule has 0 bridgehead atoms. The fraction of sp³-hybridized carbons (Fsp3) is 0.182. The number of hydrogen-bond acceptors (Lipinski definition) is 5. The number of aryl methyl sites for hydroxylation is 4. The normalized spacial score (nSPS) is 8.00. The smallest absolute Gasteiger partial charge is 0.694 e. The molecule has 9 heteroatoms. The summed E-state index contributed by atoms with van der Waals surface area (Å²) >= 11 is 0. The molecule has 0 radical (unpaired) electrons. The minimum Gasteiger partial charge on any atom is -0.694 e. The fourth-order valence-corrected chi connectivity index (χ4v) is 2.34. The molecule has 0 fully saturated rings. The number of carbonyl (C=O) groups excluding carboxylic acids is 1. The van der Waals surface area contributed by atoms with Crippen molar-refractivity contribution < 1.29 is 83.9 Å². The second-order valence-electron chi connectivity index (χ2n) is 7.50. The van der Waals surface area contributed by atoms with Gasteiger partial charge < -0.3 is 39.2 Å². The van der Waals surface area contributed by atoms with E-state index in [1.807, 2.05) is 82.0 Å². The van der Waals surface area contributed by atoms with E-state index in [1.165, 1.54) is 11.8 Å². The van der Waals surface area contributed by atoms with Crippen LogP contribution in [0.1, 0.15) is 53.6 Å². The monoisotopic (exact) mass is 1080 g/mol. The second-order valence-corrected chi connectivity index (χ2v) is 7.50. The van der Waals surface area contributed by atoms with E-state index in [4.69, 9.17) is 22.6 Å². The quantitative estimate of drug-likeness (QED) is 0.0582. The van der Waals surface area contributed by atoms with Gasteiger partial charge in [-0.15, -0.1) is 87.2 Å². The van der Waals surface area contributed by atoms with Crippen molar-refractivity contribution in [3.8, 4) is 23.1 Å². The summed E-state index contributed by atoms with van der Waals surface area (Å²) in [4.78, 5) is 10.1. The molecule has 5 nitrogen and oxygen atoms in total. The van der Waals surface area contributed by atoms with Crippen molar-refractivity contribution >= 4 is 12.5 Å². The Morgan fingerprint density at radius 3 is 1.57 bits per heavy atom. The molecule has 0 aliphatic heterocycles. The van der Waals surface area contributed by atoms with E-state index in [9.17, 15) is 4.79 Å². The number of halogens is 1. The zero-order valence-electron chi connectivity index (χ0n) is 24.1. The van der Waals surface area contributed by atoms with Crippen LogP contribution in [0.25, 0.3) is 11.3 Å². The molecule has 1 heterocycles. The van der Waals surface area contributed by atoms with Crippen LogP contribution in [0.4, 0.5) is 4.70 Å². The number of benzene rings is 3. The molecule has 0 saturated heterocycles. The first kappa shape index (κ1) is 48.8. The Morgan fingerprint density at radius 1 is 0.833 bits per heavy atom. The van der Waals surface area contributed by atoms with Gasteiger partial charge in [-0.05, 0) is 27.0 Å². The SMILES string of the molecule is Cc1c[c-]c(-c2[c-]c(C)on2)cc1.Cc1c[c-]c(C=NO)cc1.Cc1c[c-]c(C=O)cc1.F.[2HH].[C-]#CC.[C-]#CC.[W+2].[W+2].[W+2]. The third-order valence-electron chi connectivity index (χ3n) is 4.10. The predicted octanol–water partition coefficient (Wildman–Crippen LogP) is 7.35. The molecule has 1 aromatic heterocycles. The number of aromatic nitrogens is 1. The van der Waals surface area contributed by atoms with Crippen LogP contribution in [0.3, 0.4) is 0 Å². The number of carbonyl (C=O) groups is 1. The Hall–Kier alpha value is -2.88. The summed E-state index contributed by atoms with van der Waals surface area (Å²) in [6.07, 6.45) is 14.1. The standard InChI is InChI=1S/C11H9NO.C8H8NO.C8H7O.2C3H3.FH.3W.H2/c1-8-3-5-10(6-4-8)11-7-9(2)13-12-11;1-7-2-4-8(5-3-7)6-9-10;1-7-2-4-8(6-9)5-3-7;2*1-3-2;;;;;/h3-5H,1-2H3;2-4,6,10H,1H3;2-4,6H,1H3;2*1H3;1H;;;;1H/q-2;4*-1;;3*+2;/i;;;;;;;;;1+1. The largest absolute Gasteiger partial charge is 2.00 e. The Balaban J connectivity index is -0.000000105. The molecule has 0 unspecified atom stereocenters. The Kier molecular flexibility index (Phi) is 36.1. The minimum atomic E-state index is 0. The first-order valence-electron chi connectivity index (χ1n) is 11.3. The van der Waals surface area contributed by atoms with Gasteiger partial charge in [0.25, 0.3) is 0 Å². The predicted molar refractivity (Wildman–Crippen MR) is 154 cm³/mol. The number of nitrogens with zero attached hydrogens (tertiary/aromatic N) is 2. The third-order valence-corrected chi connectivity index (χ3v) is 4.10. The van der Waals surface area contributed by atoms with E-state index in [-0.39, 0.29) is 69.3 Å². The molecule has 218 valence electrons. The van der Waals surface area contributed by atoms with Gasteiger partial charge in [-0.25, -0.2) is 18.2 Å².